The molecule has 3 N–H and O–H groups in total. The maximum absolute atomic E-state index is 10.1. The SMILES string of the molecule is CCC(=O)NON.Cl. The Bertz CT molecular complexity index is 68.3. The van der Waals surface area contributed by atoms with E-state index in [-0.39, 0.29) is 18.3 Å². The summed E-state index contributed by atoms with van der Waals surface area (Å²) in [5.41, 5.74) is 1.93. The topological polar surface area (TPSA) is 64.3 Å². The van der Waals surface area contributed by atoms with E-state index in [0.29, 0.717) is 6.42 Å². The monoisotopic (exact) mass is 140 g/mol. The van der Waals surface area contributed by atoms with Gasteiger partial charge < -0.3 is 0 Å². The fraction of sp³-hybridized carbons (Fsp3) is 0.667. The Hall–Kier alpha value is -0.320. The van der Waals surface area contributed by atoms with E-state index in [9.17, 15) is 4.79 Å². The average Bonchev–Trinajstić information content (AvgIpc) is 1.68. The van der Waals surface area contributed by atoms with E-state index in [4.69, 9.17) is 0 Å². The van der Waals surface area contributed by atoms with Crippen molar-refractivity contribution >= 4 is 18.3 Å². The highest BCUT2D eigenvalue weighted by Crippen LogP contribution is 1.70. The first kappa shape index (κ1) is 10.6. The van der Waals surface area contributed by atoms with E-state index < -0.39 is 0 Å². The van der Waals surface area contributed by atoms with Crippen molar-refractivity contribution in [3.05, 3.63) is 0 Å². The minimum Gasteiger partial charge on any atom is -0.273 e. The van der Waals surface area contributed by atoms with Gasteiger partial charge in [-0.2, -0.15) is 10.8 Å². The van der Waals surface area contributed by atoms with Gasteiger partial charge in [-0.3, -0.25) is 4.79 Å². The Morgan fingerprint density at radius 1 is 1.88 bits per heavy atom. The molecule has 0 rings (SSSR count). The number of halogens is 1. The van der Waals surface area contributed by atoms with Gasteiger partial charge in [0.05, 0.1) is 0 Å². The molecule has 0 aliphatic carbocycles. The van der Waals surface area contributed by atoms with Gasteiger partial charge in [-0.25, -0.2) is 5.48 Å². The number of hydrogen-bond donors (Lipinski definition) is 2. The van der Waals surface area contributed by atoms with Crippen LogP contribution in [0.3, 0.4) is 0 Å². The molecule has 0 aliphatic heterocycles. The molecule has 0 radical (unpaired) electrons. The molecule has 5 heteroatoms. The maximum atomic E-state index is 10.1. The van der Waals surface area contributed by atoms with Gasteiger partial charge in [0.25, 0.3) is 0 Å². The van der Waals surface area contributed by atoms with Crippen LogP contribution in [-0.4, -0.2) is 5.91 Å². The van der Waals surface area contributed by atoms with E-state index in [2.05, 4.69) is 10.8 Å². The lowest BCUT2D eigenvalue weighted by molar-refractivity contribution is -0.133. The number of carbonyl (C=O) groups excluding carboxylic acids is 1. The van der Waals surface area contributed by atoms with Gasteiger partial charge in [-0.15, -0.1) is 12.4 Å². The number of carbonyl (C=O) groups is 1. The Morgan fingerprint density at radius 2 is 2.38 bits per heavy atom. The highest BCUT2D eigenvalue weighted by molar-refractivity contribution is 5.85. The number of rotatable bonds is 2. The first-order chi connectivity index (χ1) is 3.31. The van der Waals surface area contributed by atoms with Crippen LogP contribution in [0.5, 0.6) is 0 Å². The summed E-state index contributed by atoms with van der Waals surface area (Å²) in [6.07, 6.45) is 0.386. The smallest absolute Gasteiger partial charge is 0.244 e. The van der Waals surface area contributed by atoms with E-state index in [1.165, 1.54) is 0 Å². The van der Waals surface area contributed by atoms with E-state index >= 15 is 0 Å². The van der Waals surface area contributed by atoms with Crippen molar-refractivity contribution in [3.8, 4) is 0 Å². The molecule has 0 atom stereocenters. The quantitative estimate of drug-likeness (QED) is 0.520. The Labute approximate surface area is 53.7 Å². The van der Waals surface area contributed by atoms with Crippen LogP contribution in [0.2, 0.25) is 0 Å². The molecular formula is C3H9ClN2O2. The lowest BCUT2D eigenvalue weighted by atomic mass is 10.5. The van der Waals surface area contributed by atoms with Crippen molar-refractivity contribution in [2.45, 2.75) is 13.3 Å². The zero-order valence-electron chi connectivity index (χ0n) is 4.51. The zero-order valence-corrected chi connectivity index (χ0v) is 5.33. The Kier molecular flexibility index (Phi) is 8.87. The largest absolute Gasteiger partial charge is 0.273 e. The summed E-state index contributed by atoms with van der Waals surface area (Å²) in [6.45, 7) is 1.70. The van der Waals surface area contributed by atoms with Crippen LogP contribution in [0.25, 0.3) is 0 Å². The molecule has 0 fully saturated rings. The normalized spacial score (nSPS) is 7.25. The first-order valence-corrected chi connectivity index (χ1v) is 1.95. The summed E-state index contributed by atoms with van der Waals surface area (Å²) in [5.74, 6) is 4.25. The molecule has 50 valence electrons. The molecule has 0 saturated heterocycles. The molecule has 0 unspecified atom stereocenters. The number of hydrogen-bond acceptors (Lipinski definition) is 3. The predicted octanol–water partition coefficient (Wildman–Crippen LogP) is -0.260. The van der Waals surface area contributed by atoms with Crippen LogP contribution in [-0.2, 0) is 9.73 Å². The third-order valence-electron chi connectivity index (χ3n) is 0.494. The minimum absolute atomic E-state index is 0. The van der Waals surface area contributed by atoms with Crippen LogP contribution in [0, 0.1) is 0 Å². The summed E-state index contributed by atoms with van der Waals surface area (Å²) in [7, 11) is 0. The summed E-state index contributed by atoms with van der Waals surface area (Å²) >= 11 is 0. The van der Waals surface area contributed by atoms with Crippen LogP contribution >= 0.6 is 12.4 Å². The molecule has 4 nitrogen and oxygen atoms in total. The maximum Gasteiger partial charge on any atom is 0.244 e. The Morgan fingerprint density at radius 3 is 2.50 bits per heavy atom. The molecule has 0 aromatic carbocycles. The molecule has 8 heavy (non-hydrogen) atoms. The van der Waals surface area contributed by atoms with Gasteiger partial charge in [0, 0.05) is 6.42 Å². The summed E-state index contributed by atoms with van der Waals surface area (Å²) < 4.78 is 0. The van der Waals surface area contributed by atoms with Crippen molar-refractivity contribution in [3.63, 3.8) is 0 Å². The third-order valence-corrected chi connectivity index (χ3v) is 0.494. The van der Waals surface area contributed by atoms with Crippen molar-refractivity contribution in [2.75, 3.05) is 0 Å². The molecule has 0 aliphatic rings. The van der Waals surface area contributed by atoms with Crippen LogP contribution in [0.15, 0.2) is 0 Å². The second-order valence-electron chi connectivity index (χ2n) is 0.997. The minimum atomic E-state index is -0.220. The van der Waals surface area contributed by atoms with Crippen molar-refractivity contribution in [1.82, 2.24) is 5.48 Å². The molecule has 0 saturated carbocycles. The van der Waals surface area contributed by atoms with Crippen LogP contribution < -0.4 is 11.4 Å². The molecule has 0 spiro atoms. The highest BCUT2D eigenvalue weighted by atomic mass is 35.5. The Balaban J connectivity index is 0. The fourth-order valence-electron chi connectivity index (χ4n) is 0.138. The average molecular weight is 141 g/mol. The number of hydroxylamine groups is 1. The van der Waals surface area contributed by atoms with Gasteiger partial charge in [0.1, 0.15) is 0 Å². The molecular weight excluding hydrogens is 131 g/mol. The first-order valence-electron chi connectivity index (χ1n) is 1.95. The van der Waals surface area contributed by atoms with Gasteiger partial charge in [0.15, 0.2) is 0 Å². The number of amides is 1. The van der Waals surface area contributed by atoms with E-state index in [1.54, 1.807) is 6.92 Å². The molecule has 0 heterocycles. The van der Waals surface area contributed by atoms with Gasteiger partial charge in [0.2, 0.25) is 5.91 Å². The molecule has 0 aromatic rings. The summed E-state index contributed by atoms with van der Waals surface area (Å²) in [5, 5.41) is 0. The third kappa shape index (κ3) is 5.68. The van der Waals surface area contributed by atoms with Crippen molar-refractivity contribution < 1.29 is 9.73 Å². The fourth-order valence-corrected chi connectivity index (χ4v) is 0.138. The molecule has 0 bridgehead atoms. The number of nitrogens with one attached hydrogen (secondary N) is 1. The number of nitrogens with two attached hydrogens (primary N) is 1. The summed E-state index contributed by atoms with van der Waals surface area (Å²) in [6, 6.07) is 0. The zero-order chi connectivity index (χ0) is 5.70. The second-order valence-corrected chi connectivity index (χ2v) is 0.997. The van der Waals surface area contributed by atoms with Crippen molar-refractivity contribution in [1.29, 1.82) is 0 Å². The lowest BCUT2D eigenvalue weighted by Crippen LogP contribution is -2.25. The van der Waals surface area contributed by atoms with E-state index in [1.807, 2.05) is 5.48 Å². The highest BCUT2D eigenvalue weighted by Gasteiger charge is 1.89. The van der Waals surface area contributed by atoms with Gasteiger partial charge in [-0.05, 0) is 0 Å². The van der Waals surface area contributed by atoms with Gasteiger partial charge in [-0.1, -0.05) is 6.92 Å². The van der Waals surface area contributed by atoms with Crippen molar-refractivity contribution in [2.24, 2.45) is 5.90 Å². The van der Waals surface area contributed by atoms with Crippen LogP contribution in [0.4, 0.5) is 0 Å². The predicted molar refractivity (Wildman–Crippen MR) is 31.0 cm³/mol. The molecule has 1 amide bonds. The molecule has 0 aromatic heterocycles. The summed E-state index contributed by atoms with van der Waals surface area (Å²) in [4.78, 5) is 13.9. The second kappa shape index (κ2) is 6.68. The van der Waals surface area contributed by atoms with E-state index in [0.717, 1.165) is 0 Å². The lowest BCUT2D eigenvalue weighted by Gasteiger charge is -1.93. The van der Waals surface area contributed by atoms with Gasteiger partial charge >= 0.3 is 0 Å². The van der Waals surface area contributed by atoms with Crippen LogP contribution in [0.1, 0.15) is 13.3 Å². The standard InChI is InChI=1S/C3H8N2O2.ClH/c1-2-3(6)5-7-4;/h2,4H2,1H3,(H,5,6);1H.